The summed E-state index contributed by atoms with van der Waals surface area (Å²) in [6.45, 7) is 3.55. The Balaban J connectivity index is 2.16. The Morgan fingerprint density at radius 3 is 2.59 bits per heavy atom. The third-order valence-electron chi connectivity index (χ3n) is 3.09. The third-order valence-corrected chi connectivity index (χ3v) is 3.09. The molecular weight excluding hydrogens is 214 g/mol. The van der Waals surface area contributed by atoms with Gasteiger partial charge in [0.25, 0.3) is 0 Å². The van der Waals surface area contributed by atoms with Crippen LogP contribution in [-0.2, 0) is 4.79 Å². The Morgan fingerprint density at radius 1 is 1.29 bits per heavy atom. The summed E-state index contributed by atoms with van der Waals surface area (Å²) in [7, 11) is 0. The van der Waals surface area contributed by atoms with Gasteiger partial charge in [-0.15, -0.1) is 0 Å². The van der Waals surface area contributed by atoms with Crippen molar-refractivity contribution >= 4 is 11.5 Å². The van der Waals surface area contributed by atoms with Crippen LogP contribution in [-0.4, -0.2) is 29.0 Å². The highest BCUT2D eigenvalue weighted by Crippen LogP contribution is 2.24. The van der Waals surface area contributed by atoms with Crippen molar-refractivity contribution in [3.05, 3.63) is 35.9 Å². The first-order chi connectivity index (χ1) is 8.18. The number of para-hydroxylation sites is 1. The molecule has 3 nitrogen and oxygen atoms in total. The topological polar surface area (TPSA) is 40.5 Å². The minimum absolute atomic E-state index is 0.0447. The van der Waals surface area contributed by atoms with E-state index in [1.165, 1.54) is 0 Å². The van der Waals surface area contributed by atoms with Gasteiger partial charge in [-0.3, -0.25) is 4.79 Å². The average Bonchev–Trinajstić information content (AvgIpc) is 2.82. The van der Waals surface area contributed by atoms with Crippen LogP contribution in [0.5, 0.6) is 5.75 Å². The van der Waals surface area contributed by atoms with Crippen LogP contribution in [0.1, 0.15) is 25.3 Å². The van der Waals surface area contributed by atoms with Crippen molar-refractivity contribution in [2.75, 3.05) is 13.1 Å². The molecule has 1 heterocycles. The fourth-order valence-electron chi connectivity index (χ4n) is 2.10. The van der Waals surface area contributed by atoms with Crippen LogP contribution < -0.4 is 0 Å². The average molecular weight is 231 g/mol. The predicted molar refractivity (Wildman–Crippen MR) is 67.6 cm³/mol. The first-order valence-electron chi connectivity index (χ1n) is 5.94. The van der Waals surface area contributed by atoms with Crippen molar-refractivity contribution in [1.82, 2.24) is 4.90 Å². The number of rotatable bonds is 2. The molecule has 1 aliphatic rings. The van der Waals surface area contributed by atoms with Gasteiger partial charge in [-0.1, -0.05) is 18.2 Å². The minimum atomic E-state index is 0.0447. The number of amides is 1. The van der Waals surface area contributed by atoms with E-state index in [0.29, 0.717) is 0 Å². The summed E-state index contributed by atoms with van der Waals surface area (Å²) in [6.07, 6.45) is 3.80. The predicted octanol–water partition coefficient (Wildman–Crippen LogP) is 2.42. The molecule has 0 unspecified atom stereocenters. The molecule has 0 spiro atoms. The van der Waals surface area contributed by atoms with Crippen LogP contribution >= 0.6 is 0 Å². The Kier molecular flexibility index (Phi) is 3.47. The van der Waals surface area contributed by atoms with Crippen LogP contribution in [0.3, 0.4) is 0 Å². The van der Waals surface area contributed by atoms with Crippen LogP contribution in [0.4, 0.5) is 0 Å². The lowest BCUT2D eigenvalue weighted by atomic mass is 10.1. The number of phenols is 1. The number of aromatic hydroxyl groups is 1. The number of hydrogen-bond donors (Lipinski definition) is 1. The zero-order valence-electron chi connectivity index (χ0n) is 10.0. The van der Waals surface area contributed by atoms with Gasteiger partial charge in [-0.25, -0.2) is 0 Å². The van der Waals surface area contributed by atoms with Gasteiger partial charge in [0.1, 0.15) is 5.75 Å². The fraction of sp³-hybridized carbons (Fsp3) is 0.357. The molecule has 1 amide bonds. The lowest BCUT2D eigenvalue weighted by Gasteiger charge is -2.13. The standard InChI is InChI=1S/C14H17NO2/c1-11(12-6-2-3-7-13(12)16)10-14(17)15-8-4-5-9-15/h2-3,6-7,10,16H,4-5,8-9H2,1H3. The highest BCUT2D eigenvalue weighted by Gasteiger charge is 2.16. The molecule has 90 valence electrons. The number of nitrogens with zero attached hydrogens (tertiary/aromatic N) is 1. The van der Waals surface area contributed by atoms with E-state index in [-0.39, 0.29) is 11.7 Å². The first-order valence-corrected chi connectivity index (χ1v) is 5.94. The monoisotopic (exact) mass is 231 g/mol. The van der Waals surface area contributed by atoms with Crippen LogP contribution in [0.15, 0.2) is 30.3 Å². The maximum Gasteiger partial charge on any atom is 0.246 e. The quantitative estimate of drug-likeness (QED) is 0.794. The molecule has 0 radical (unpaired) electrons. The van der Waals surface area contributed by atoms with E-state index in [9.17, 15) is 9.90 Å². The Labute approximate surface area is 101 Å². The molecule has 1 aromatic rings. The molecule has 1 fully saturated rings. The van der Waals surface area contributed by atoms with Crippen LogP contribution in [0.25, 0.3) is 5.57 Å². The molecule has 0 bridgehead atoms. The molecule has 1 saturated heterocycles. The molecular formula is C14H17NO2. The molecule has 1 N–H and O–H groups in total. The van der Waals surface area contributed by atoms with Crippen molar-refractivity contribution in [3.8, 4) is 5.75 Å². The highest BCUT2D eigenvalue weighted by molar-refractivity contribution is 5.95. The second-order valence-corrected chi connectivity index (χ2v) is 4.38. The maximum atomic E-state index is 11.9. The highest BCUT2D eigenvalue weighted by atomic mass is 16.3. The Morgan fingerprint density at radius 2 is 1.94 bits per heavy atom. The molecule has 0 saturated carbocycles. The summed E-state index contributed by atoms with van der Waals surface area (Å²) < 4.78 is 0. The van der Waals surface area contributed by atoms with Crippen LogP contribution in [0, 0.1) is 0 Å². The van der Waals surface area contributed by atoms with Crippen molar-refractivity contribution in [1.29, 1.82) is 0 Å². The summed E-state index contributed by atoms with van der Waals surface area (Å²) in [5.41, 5.74) is 1.53. The van der Waals surface area contributed by atoms with Gasteiger partial charge in [0, 0.05) is 24.7 Å². The zero-order valence-corrected chi connectivity index (χ0v) is 10.0. The van der Waals surface area contributed by atoms with Gasteiger partial charge in [0.2, 0.25) is 5.91 Å². The van der Waals surface area contributed by atoms with Crippen molar-refractivity contribution in [3.63, 3.8) is 0 Å². The molecule has 1 aromatic carbocycles. The normalized spacial score (nSPS) is 16.3. The second-order valence-electron chi connectivity index (χ2n) is 4.38. The lowest BCUT2D eigenvalue weighted by molar-refractivity contribution is -0.124. The summed E-state index contributed by atoms with van der Waals surface area (Å²) in [5.74, 6) is 0.263. The Bertz CT molecular complexity index is 445. The van der Waals surface area contributed by atoms with E-state index in [1.54, 1.807) is 18.2 Å². The van der Waals surface area contributed by atoms with E-state index in [0.717, 1.165) is 37.1 Å². The molecule has 3 heteroatoms. The molecule has 2 rings (SSSR count). The van der Waals surface area contributed by atoms with Gasteiger partial charge < -0.3 is 10.0 Å². The SMILES string of the molecule is CC(=CC(=O)N1CCCC1)c1ccccc1O. The van der Waals surface area contributed by atoms with Crippen molar-refractivity contribution < 1.29 is 9.90 Å². The number of carbonyl (C=O) groups excluding carboxylic acids is 1. The van der Waals surface area contributed by atoms with E-state index < -0.39 is 0 Å². The minimum Gasteiger partial charge on any atom is -0.507 e. The summed E-state index contributed by atoms with van der Waals surface area (Å²) in [4.78, 5) is 13.8. The largest absolute Gasteiger partial charge is 0.507 e. The van der Waals surface area contributed by atoms with E-state index >= 15 is 0 Å². The van der Waals surface area contributed by atoms with Crippen molar-refractivity contribution in [2.24, 2.45) is 0 Å². The maximum absolute atomic E-state index is 11.9. The first kappa shape index (κ1) is 11.7. The van der Waals surface area contributed by atoms with Crippen molar-refractivity contribution in [2.45, 2.75) is 19.8 Å². The number of carbonyl (C=O) groups is 1. The summed E-state index contributed by atoms with van der Waals surface area (Å²) >= 11 is 0. The fourth-order valence-corrected chi connectivity index (χ4v) is 2.10. The molecule has 0 atom stereocenters. The van der Waals surface area contributed by atoms with Gasteiger partial charge in [-0.05, 0) is 31.4 Å². The summed E-state index contributed by atoms with van der Waals surface area (Å²) in [5, 5.41) is 9.69. The lowest BCUT2D eigenvalue weighted by Crippen LogP contribution is -2.25. The number of allylic oxidation sites excluding steroid dienone is 1. The summed E-state index contributed by atoms with van der Waals surface area (Å²) in [6, 6.07) is 7.08. The zero-order chi connectivity index (χ0) is 12.3. The number of hydrogen-bond acceptors (Lipinski definition) is 2. The Hall–Kier alpha value is -1.77. The van der Waals surface area contributed by atoms with Gasteiger partial charge >= 0.3 is 0 Å². The van der Waals surface area contributed by atoms with E-state index in [2.05, 4.69) is 0 Å². The number of phenolic OH excluding ortho intramolecular Hbond substituents is 1. The van der Waals surface area contributed by atoms with E-state index in [4.69, 9.17) is 0 Å². The second kappa shape index (κ2) is 5.04. The molecule has 0 aromatic heterocycles. The van der Waals surface area contributed by atoms with Crippen LogP contribution in [0.2, 0.25) is 0 Å². The van der Waals surface area contributed by atoms with E-state index in [1.807, 2.05) is 24.0 Å². The molecule has 17 heavy (non-hydrogen) atoms. The van der Waals surface area contributed by atoms with Gasteiger partial charge in [0.05, 0.1) is 0 Å². The van der Waals surface area contributed by atoms with Gasteiger partial charge in [-0.2, -0.15) is 0 Å². The number of likely N-dealkylation sites (tertiary alicyclic amines) is 1. The molecule has 0 aliphatic carbocycles. The number of benzene rings is 1. The van der Waals surface area contributed by atoms with Gasteiger partial charge in [0.15, 0.2) is 0 Å². The smallest absolute Gasteiger partial charge is 0.246 e. The third kappa shape index (κ3) is 2.67. The molecule has 1 aliphatic heterocycles.